The Morgan fingerprint density at radius 1 is 1.29 bits per heavy atom. The fourth-order valence-electron chi connectivity index (χ4n) is 3.59. The first kappa shape index (κ1) is 11.7. The van der Waals surface area contributed by atoms with Gasteiger partial charge in [-0.3, -0.25) is 0 Å². The molecule has 2 heteroatoms. The van der Waals surface area contributed by atoms with E-state index >= 15 is 0 Å². The first-order chi connectivity index (χ1) is 8.28. The Bertz CT molecular complexity index is 349. The van der Waals surface area contributed by atoms with Crippen LogP contribution in [0.25, 0.3) is 0 Å². The van der Waals surface area contributed by atoms with Crippen molar-refractivity contribution in [2.45, 2.75) is 58.0 Å². The topological polar surface area (TPSA) is 12.0 Å². The summed E-state index contributed by atoms with van der Waals surface area (Å²) in [7, 11) is 0. The average molecular weight is 249 g/mol. The summed E-state index contributed by atoms with van der Waals surface area (Å²) in [5.41, 5.74) is 0.684. The van der Waals surface area contributed by atoms with Gasteiger partial charge >= 0.3 is 0 Å². The van der Waals surface area contributed by atoms with Crippen LogP contribution in [0.3, 0.4) is 0 Å². The molecule has 1 nitrogen and oxygen atoms in total. The first-order valence-corrected chi connectivity index (χ1v) is 7.92. The normalized spacial score (nSPS) is 37.0. The lowest BCUT2D eigenvalue weighted by molar-refractivity contribution is 0.00937. The van der Waals surface area contributed by atoms with Crippen LogP contribution in [0.15, 0.2) is 17.5 Å². The van der Waals surface area contributed by atoms with Crippen molar-refractivity contribution in [2.75, 3.05) is 0 Å². The zero-order valence-electron chi connectivity index (χ0n) is 10.7. The summed E-state index contributed by atoms with van der Waals surface area (Å²) in [6, 6.07) is 5.20. The van der Waals surface area contributed by atoms with Crippen LogP contribution >= 0.6 is 11.3 Å². The number of hydrogen-bond acceptors (Lipinski definition) is 2. The van der Waals surface area contributed by atoms with Crippen molar-refractivity contribution in [3.63, 3.8) is 0 Å². The zero-order valence-corrected chi connectivity index (χ0v) is 11.6. The van der Waals surface area contributed by atoms with Gasteiger partial charge in [-0.05, 0) is 48.5 Å². The molecule has 0 aromatic carbocycles. The standard InChI is InChI=1S/C15H23NS/c1-12-4-7-15(8-5-12)9-6-14(15)16-11-13-3-2-10-17-13/h2-3,10,12,14,16H,4-9,11H2,1H3/t12?,14-,15?/m0/s1. The van der Waals surface area contributed by atoms with Crippen LogP contribution in [0.5, 0.6) is 0 Å². The molecule has 1 heterocycles. The highest BCUT2D eigenvalue weighted by Gasteiger charge is 2.47. The lowest BCUT2D eigenvalue weighted by atomic mass is 9.56. The zero-order chi connectivity index (χ0) is 11.7. The maximum Gasteiger partial charge on any atom is 0.0302 e. The molecular formula is C15H23NS. The number of hydrogen-bond donors (Lipinski definition) is 1. The van der Waals surface area contributed by atoms with Gasteiger partial charge in [0, 0.05) is 17.5 Å². The fourth-order valence-corrected chi connectivity index (χ4v) is 4.24. The molecule has 1 atom stereocenters. The molecule has 0 amide bonds. The molecule has 17 heavy (non-hydrogen) atoms. The van der Waals surface area contributed by atoms with E-state index in [1.807, 2.05) is 11.3 Å². The Kier molecular flexibility index (Phi) is 3.27. The van der Waals surface area contributed by atoms with Crippen molar-refractivity contribution >= 4 is 11.3 Å². The van der Waals surface area contributed by atoms with E-state index < -0.39 is 0 Å². The molecule has 1 aromatic rings. The fraction of sp³-hybridized carbons (Fsp3) is 0.733. The lowest BCUT2D eigenvalue weighted by Gasteiger charge is -2.53. The molecule has 0 unspecified atom stereocenters. The van der Waals surface area contributed by atoms with Crippen LogP contribution < -0.4 is 5.32 Å². The predicted molar refractivity (Wildman–Crippen MR) is 74.2 cm³/mol. The van der Waals surface area contributed by atoms with Crippen molar-refractivity contribution in [3.05, 3.63) is 22.4 Å². The first-order valence-electron chi connectivity index (χ1n) is 7.04. The highest BCUT2D eigenvalue weighted by atomic mass is 32.1. The van der Waals surface area contributed by atoms with Gasteiger partial charge < -0.3 is 5.32 Å². The van der Waals surface area contributed by atoms with Crippen molar-refractivity contribution in [1.29, 1.82) is 0 Å². The molecule has 2 aliphatic rings. The molecular weight excluding hydrogens is 226 g/mol. The third kappa shape index (κ3) is 2.30. The largest absolute Gasteiger partial charge is 0.309 e. The molecule has 3 rings (SSSR count). The number of thiophene rings is 1. The molecule has 1 aromatic heterocycles. The second-order valence-corrected chi connectivity index (χ2v) is 7.13. The van der Waals surface area contributed by atoms with E-state index in [0.717, 1.165) is 18.5 Å². The minimum atomic E-state index is 0.684. The minimum Gasteiger partial charge on any atom is -0.309 e. The maximum atomic E-state index is 3.81. The van der Waals surface area contributed by atoms with Crippen LogP contribution in [0.2, 0.25) is 0 Å². The van der Waals surface area contributed by atoms with E-state index in [4.69, 9.17) is 0 Å². The van der Waals surface area contributed by atoms with Gasteiger partial charge in [-0.15, -0.1) is 11.3 Å². The van der Waals surface area contributed by atoms with Crippen LogP contribution in [0.4, 0.5) is 0 Å². The van der Waals surface area contributed by atoms with Gasteiger partial charge in [-0.1, -0.05) is 25.8 Å². The van der Waals surface area contributed by atoms with Gasteiger partial charge in [0.15, 0.2) is 0 Å². The summed E-state index contributed by atoms with van der Waals surface area (Å²) in [6.45, 7) is 3.50. The number of nitrogens with one attached hydrogen (secondary N) is 1. The number of rotatable bonds is 3. The Balaban J connectivity index is 1.54. The van der Waals surface area contributed by atoms with Crippen molar-refractivity contribution in [2.24, 2.45) is 11.3 Å². The van der Waals surface area contributed by atoms with Crippen LogP contribution in [0.1, 0.15) is 50.3 Å². The summed E-state index contributed by atoms with van der Waals surface area (Å²) in [6.07, 6.45) is 8.72. The third-order valence-corrected chi connectivity index (χ3v) is 5.92. The van der Waals surface area contributed by atoms with Crippen LogP contribution in [-0.2, 0) is 6.54 Å². The van der Waals surface area contributed by atoms with Gasteiger partial charge in [-0.2, -0.15) is 0 Å². The van der Waals surface area contributed by atoms with Gasteiger partial charge in [0.25, 0.3) is 0 Å². The van der Waals surface area contributed by atoms with Gasteiger partial charge in [-0.25, -0.2) is 0 Å². The summed E-state index contributed by atoms with van der Waals surface area (Å²) in [5, 5.41) is 5.98. The Labute approximate surface area is 109 Å². The third-order valence-electron chi connectivity index (χ3n) is 5.04. The molecule has 2 fully saturated rings. The summed E-state index contributed by atoms with van der Waals surface area (Å²) in [5.74, 6) is 0.971. The Morgan fingerprint density at radius 3 is 2.65 bits per heavy atom. The molecule has 94 valence electrons. The van der Waals surface area contributed by atoms with Crippen molar-refractivity contribution < 1.29 is 0 Å². The SMILES string of the molecule is CC1CCC2(CC1)CC[C@@H]2NCc1cccs1. The molecule has 2 saturated carbocycles. The van der Waals surface area contributed by atoms with E-state index in [1.54, 1.807) is 0 Å². The second kappa shape index (κ2) is 4.74. The van der Waals surface area contributed by atoms with E-state index in [2.05, 4.69) is 29.8 Å². The predicted octanol–water partition coefficient (Wildman–Crippen LogP) is 4.20. The maximum absolute atomic E-state index is 3.81. The minimum absolute atomic E-state index is 0.684. The Morgan fingerprint density at radius 2 is 2.06 bits per heavy atom. The van der Waals surface area contributed by atoms with Gasteiger partial charge in [0.2, 0.25) is 0 Å². The van der Waals surface area contributed by atoms with Gasteiger partial charge in [0.05, 0.1) is 0 Å². The second-order valence-electron chi connectivity index (χ2n) is 6.10. The van der Waals surface area contributed by atoms with E-state index in [-0.39, 0.29) is 0 Å². The van der Waals surface area contributed by atoms with E-state index in [0.29, 0.717) is 5.41 Å². The summed E-state index contributed by atoms with van der Waals surface area (Å²) >= 11 is 1.87. The van der Waals surface area contributed by atoms with Crippen molar-refractivity contribution in [3.8, 4) is 0 Å². The summed E-state index contributed by atoms with van der Waals surface area (Å²) < 4.78 is 0. The quantitative estimate of drug-likeness (QED) is 0.846. The molecule has 1 N–H and O–H groups in total. The molecule has 0 saturated heterocycles. The van der Waals surface area contributed by atoms with E-state index in [9.17, 15) is 0 Å². The smallest absolute Gasteiger partial charge is 0.0302 e. The molecule has 2 aliphatic carbocycles. The van der Waals surface area contributed by atoms with Crippen LogP contribution in [0, 0.1) is 11.3 Å². The average Bonchev–Trinajstić information content (AvgIpc) is 2.82. The Hall–Kier alpha value is -0.340. The molecule has 0 aliphatic heterocycles. The van der Waals surface area contributed by atoms with Crippen LogP contribution in [-0.4, -0.2) is 6.04 Å². The van der Waals surface area contributed by atoms with E-state index in [1.165, 1.54) is 43.4 Å². The highest BCUT2D eigenvalue weighted by molar-refractivity contribution is 7.09. The van der Waals surface area contributed by atoms with Crippen molar-refractivity contribution in [1.82, 2.24) is 5.32 Å². The highest BCUT2D eigenvalue weighted by Crippen LogP contribution is 2.52. The monoisotopic (exact) mass is 249 g/mol. The lowest BCUT2D eigenvalue weighted by Crippen LogP contribution is -2.54. The molecule has 0 radical (unpaired) electrons. The van der Waals surface area contributed by atoms with Gasteiger partial charge in [0.1, 0.15) is 0 Å². The molecule has 0 bridgehead atoms. The molecule has 1 spiro atoms. The summed E-state index contributed by atoms with van der Waals surface area (Å²) in [4.78, 5) is 1.48.